The molecule has 12 heavy (non-hydrogen) atoms. The molecular formula is C7H12F2O3. The molecule has 0 spiro atoms. The SMILES string of the molecule is CC(C)CC(F)(F)OCC(=O)O. The third kappa shape index (κ3) is 6.03. The van der Waals surface area contributed by atoms with Gasteiger partial charge in [0.05, 0.1) is 0 Å². The molecule has 0 aromatic rings. The molecule has 0 saturated carbocycles. The molecule has 0 radical (unpaired) electrons. The summed E-state index contributed by atoms with van der Waals surface area (Å²) in [6, 6.07) is 0. The lowest BCUT2D eigenvalue weighted by Crippen LogP contribution is -2.26. The van der Waals surface area contributed by atoms with Crippen LogP contribution in [0.1, 0.15) is 20.3 Å². The first-order chi connectivity index (χ1) is 5.33. The Labute approximate surface area is 69.3 Å². The van der Waals surface area contributed by atoms with E-state index in [1.54, 1.807) is 13.8 Å². The summed E-state index contributed by atoms with van der Waals surface area (Å²) in [7, 11) is 0. The van der Waals surface area contributed by atoms with E-state index in [0.29, 0.717) is 0 Å². The normalized spacial score (nSPS) is 12.1. The molecule has 0 rings (SSSR count). The molecule has 0 atom stereocenters. The first kappa shape index (κ1) is 11.3. The summed E-state index contributed by atoms with van der Waals surface area (Å²) in [6.07, 6.45) is -3.78. The maximum atomic E-state index is 12.5. The number of carbonyl (C=O) groups is 1. The zero-order chi connectivity index (χ0) is 9.78. The van der Waals surface area contributed by atoms with Gasteiger partial charge in [0.1, 0.15) is 0 Å². The highest BCUT2D eigenvalue weighted by Crippen LogP contribution is 2.24. The van der Waals surface area contributed by atoms with Gasteiger partial charge in [0.2, 0.25) is 0 Å². The van der Waals surface area contributed by atoms with E-state index in [4.69, 9.17) is 5.11 Å². The van der Waals surface area contributed by atoms with Crippen molar-refractivity contribution in [2.45, 2.75) is 26.4 Å². The van der Waals surface area contributed by atoms with Gasteiger partial charge in [-0.25, -0.2) is 4.79 Å². The van der Waals surface area contributed by atoms with Gasteiger partial charge in [-0.2, -0.15) is 8.78 Å². The molecule has 0 fully saturated rings. The van der Waals surface area contributed by atoms with Crippen molar-refractivity contribution in [1.29, 1.82) is 0 Å². The van der Waals surface area contributed by atoms with Crippen molar-refractivity contribution < 1.29 is 23.4 Å². The molecule has 0 amide bonds. The molecule has 5 heteroatoms. The predicted octanol–water partition coefficient (Wildman–Crippen LogP) is 1.73. The van der Waals surface area contributed by atoms with Crippen LogP contribution in [-0.2, 0) is 9.53 Å². The number of carboxylic acids is 1. The molecule has 0 bridgehead atoms. The smallest absolute Gasteiger partial charge is 0.356 e. The van der Waals surface area contributed by atoms with Crippen LogP contribution in [0.4, 0.5) is 8.78 Å². The Bertz CT molecular complexity index is 157. The minimum Gasteiger partial charge on any atom is -0.480 e. The van der Waals surface area contributed by atoms with Gasteiger partial charge in [0.25, 0.3) is 0 Å². The van der Waals surface area contributed by atoms with Crippen LogP contribution in [0, 0.1) is 5.92 Å². The van der Waals surface area contributed by atoms with Crippen LogP contribution >= 0.6 is 0 Å². The largest absolute Gasteiger partial charge is 0.480 e. The van der Waals surface area contributed by atoms with Gasteiger partial charge in [-0.1, -0.05) is 13.8 Å². The number of ether oxygens (including phenoxy) is 1. The van der Waals surface area contributed by atoms with E-state index in [1.807, 2.05) is 0 Å². The Morgan fingerprint density at radius 1 is 1.58 bits per heavy atom. The first-order valence-corrected chi connectivity index (χ1v) is 3.57. The Morgan fingerprint density at radius 3 is 2.42 bits per heavy atom. The van der Waals surface area contributed by atoms with Gasteiger partial charge in [-0.05, 0) is 5.92 Å². The number of rotatable bonds is 5. The van der Waals surface area contributed by atoms with Crippen molar-refractivity contribution in [2.24, 2.45) is 5.92 Å². The lowest BCUT2D eigenvalue weighted by atomic mass is 10.1. The fraction of sp³-hybridized carbons (Fsp3) is 0.857. The Morgan fingerprint density at radius 2 is 2.08 bits per heavy atom. The first-order valence-electron chi connectivity index (χ1n) is 3.57. The number of aliphatic carboxylic acids is 1. The highest BCUT2D eigenvalue weighted by atomic mass is 19.3. The minimum atomic E-state index is -3.33. The second-order valence-electron chi connectivity index (χ2n) is 2.92. The van der Waals surface area contributed by atoms with Crippen LogP contribution in [0.25, 0.3) is 0 Å². The van der Waals surface area contributed by atoms with E-state index >= 15 is 0 Å². The third-order valence-electron chi connectivity index (χ3n) is 1.05. The summed E-state index contributed by atoms with van der Waals surface area (Å²) in [5.41, 5.74) is 0. The molecule has 0 aliphatic rings. The summed E-state index contributed by atoms with van der Waals surface area (Å²) in [4.78, 5) is 9.87. The summed E-state index contributed by atoms with van der Waals surface area (Å²) in [5, 5.41) is 8.05. The van der Waals surface area contributed by atoms with Crippen molar-refractivity contribution in [3.8, 4) is 0 Å². The molecule has 3 nitrogen and oxygen atoms in total. The minimum absolute atomic E-state index is 0.228. The zero-order valence-electron chi connectivity index (χ0n) is 7.01. The standard InChI is InChI=1S/C7H12F2O3/c1-5(2)3-7(8,9)12-4-6(10)11/h5H,3-4H2,1-2H3,(H,10,11). The molecule has 0 heterocycles. The summed E-state index contributed by atoms with van der Waals surface area (Å²) in [6.45, 7) is 2.26. The van der Waals surface area contributed by atoms with Crippen LogP contribution in [0.5, 0.6) is 0 Å². The maximum absolute atomic E-state index is 12.5. The summed E-state index contributed by atoms with van der Waals surface area (Å²) < 4.78 is 29.0. The van der Waals surface area contributed by atoms with Crippen molar-refractivity contribution in [2.75, 3.05) is 6.61 Å². The number of halogens is 2. The lowest BCUT2D eigenvalue weighted by molar-refractivity contribution is -0.247. The number of hydrogen-bond donors (Lipinski definition) is 1. The molecule has 0 aliphatic heterocycles. The topological polar surface area (TPSA) is 46.5 Å². The van der Waals surface area contributed by atoms with Crippen molar-refractivity contribution in [3.05, 3.63) is 0 Å². The second-order valence-corrected chi connectivity index (χ2v) is 2.92. The highest BCUT2D eigenvalue weighted by Gasteiger charge is 2.31. The maximum Gasteiger partial charge on any atom is 0.356 e. The van der Waals surface area contributed by atoms with E-state index in [9.17, 15) is 13.6 Å². The van der Waals surface area contributed by atoms with Crippen LogP contribution in [-0.4, -0.2) is 23.8 Å². The Balaban J connectivity index is 3.78. The monoisotopic (exact) mass is 182 g/mol. The molecule has 0 aliphatic carbocycles. The van der Waals surface area contributed by atoms with Gasteiger partial charge >= 0.3 is 12.1 Å². The van der Waals surface area contributed by atoms with Crippen LogP contribution in [0.3, 0.4) is 0 Å². The number of hydrogen-bond acceptors (Lipinski definition) is 2. The Hall–Kier alpha value is -0.710. The molecule has 1 N–H and O–H groups in total. The zero-order valence-corrected chi connectivity index (χ0v) is 7.01. The van der Waals surface area contributed by atoms with E-state index in [-0.39, 0.29) is 5.92 Å². The van der Waals surface area contributed by atoms with E-state index in [2.05, 4.69) is 4.74 Å². The molecule has 0 aromatic heterocycles. The third-order valence-corrected chi connectivity index (χ3v) is 1.05. The van der Waals surface area contributed by atoms with Crippen molar-refractivity contribution in [3.63, 3.8) is 0 Å². The van der Waals surface area contributed by atoms with E-state index in [0.717, 1.165) is 0 Å². The quantitative estimate of drug-likeness (QED) is 0.704. The average Bonchev–Trinajstić information content (AvgIpc) is 1.81. The fourth-order valence-corrected chi connectivity index (χ4v) is 0.702. The summed E-state index contributed by atoms with van der Waals surface area (Å²) in [5.74, 6) is -1.62. The van der Waals surface area contributed by atoms with Gasteiger partial charge < -0.3 is 9.84 Å². The average molecular weight is 182 g/mol. The fourth-order valence-electron chi connectivity index (χ4n) is 0.702. The van der Waals surface area contributed by atoms with Gasteiger partial charge in [-0.15, -0.1) is 0 Å². The van der Waals surface area contributed by atoms with Gasteiger partial charge in [0, 0.05) is 6.42 Å². The molecule has 0 unspecified atom stereocenters. The lowest BCUT2D eigenvalue weighted by Gasteiger charge is -2.17. The number of alkyl halides is 2. The predicted molar refractivity (Wildman–Crippen MR) is 38.0 cm³/mol. The summed E-state index contributed by atoms with van der Waals surface area (Å²) >= 11 is 0. The van der Waals surface area contributed by atoms with Crippen LogP contribution in [0.15, 0.2) is 0 Å². The van der Waals surface area contributed by atoms with Crippen molar-refractivity contribution in [1.82, 2.24) is 0 Å². The van der Waals surface area contributed by atoms with Crippen molar-refractivity contribution >= 4 is 5.97 Å². The molecule has 0 aromatic carbocycles. The van der Waals surface area contributed by atoms with Crippen LogP contribution < -0.4 is 0 Å². The Kier molecular flexibility index (Phi) is 4.09. The molecular weight excluding hydrogens is 170 g/mol. The van der Waals surface area contributed by atoms with Crippen LogP contribution in [0.2, 0.25) is 0 Å². The van der Waals surface area contributed by atoms with E-state index in [1.165, 1.54) is 0 Å². The van der Waals surface area contributed by atoms with Gasteiger partial charge in [0.15, 0.2) is 6.61 Å². The van der Waals surface area contributed by atoms with Gasteiger partial charge in [-0.3, -0.25) is 0 Å². The molecule has 0 saturated heterocycles. The number of carboxylic acid groups (broad SMARTS) is 1. The molecule has 72 valence electrons. The highest BCUT2D eigenvalue weighted by molar-refractivity contribution is 5.68. The second kappa shape index (κ2) is 4.35. The van der Waals surface area contributed by atoms with E-state index < -0.39 is 25.1 Å².